The van der Waals surface area contributed by atoms with E-state index in [4.69, 9.17) is 5.26 Å². The van der Waals surface area contributed by atoms with E-state index in [9.17, 15) is 22.4 Å². The molecule has 122 valence electrons. The molecule has 2 aromatic carbocycles. The van der Waals surface area contributed by atoms with Gasteiger partial charge in [0.25, 0.3) is 5.91 Å². The Balaban J connectivity index is 2.25. The van der Waals surface area contributed by atoms with Gasteiger partial charge < -0.3 is 5.32 Å². The Labute approximate surface area is 134 Å². The van der Waals surface area contributed by atoms with E-state index in [1.165, 1.54) is 24.3 Å². The largest absolute Gasteiger partial charge is 0.416 e. The number of carbonyl (C=O) groups excluding carboxylic acids is 1. The van der Waals surface area contributed by atoms with Gasteiger partial charge in [0.1, 0.15) is 17.5 Å². The highest BCUT2D eigenvalue weighted by molar-refractivity contribution is 6.09. The zero-order chi connectivity index (χ0) is 17.7. The van der Waals surface area contributed by atoms with Gasteiger partial charge in [0, 0.05) is 11.3 Å². The lowest BCUT2D eigenvalue weighted by Crippen LogP contribution is -2.14. The maximum absolute atomic E-state index is 13.6. The average molecular weight is 334 g/mol. The molecule has 2 rings (SSSR count). The van der Waals surface area contributed by atoms with Crippen LogP contribution >= 0.6 is 0 Å². The van der Waals surface area contributed by atoms with Crippen molar-refractivity contribution in [2.45, 2.75) is 6.18 Å². The van der Waals surface area contributed by atoms with Crippen molar-refractivity contribution < 1.29 is 22.4 Å². The number of halogens is 4. The number of nitriles is 1. The van der Waals surface area contributed by atoms with Crippen LogP contribution in [0, 0.1) is 17.1 Å². The van der Waals surface area contributed by atoms with E-state index < -0.39 is 29.0 Å². The first kappa shape index (κ1) is 17.2. The molecule has 1 N–H and O–H groups in total. The van der Waals surface area contributed by atoms with Gasteiger partial charge in [-0.05, 0) is 30.3 Å². The van der Waals surface area contributed by atoms with E-state index in [2.05, 4.69) is 5.32 Å². The van der Waals surface area contributed by atoms with Crippen molar-refractivity contribution in [2.24, 2.45) is 0 Å². The molecule has 0 aliphatic rings. The molecule has 0 aromatic heterocycles. The second-order valence-corrected chi connectivity index (χ2v) is 4.72. The fourth-order valence-corrected chi connectivity index (χ4v) is 1.87. The fourth-order valence-electron chi connectivity index (χ4n) is 1.87. The van der Waals surface area contributed by atoms with Gasteiger partial charge in [-0.25, -0.2) is 4.39 Å². The van der Waals surface area contributed by atoms with E-state index in [1.807, 2.05) is 0 Å². The van der Waals surface area contributed by atoms with Crippen molar-refractivity contribution in [1.82, 2.24) is 0 Å². The first-order chi connectivity index (χ1) is 11.3. The normalized spacial score (nSPS) is 11.7. The molecule has 0 heterocycles. The van der Waals surface area contributed by atoms with Crippen LogP contribution in [-0.4, -0.2) is 5.91 Å². The van der Waals surface area contributed by atoms with Gasteiger partial charge in [0.05, 0.1) is 5.56 Å². The lowest BCUT2D eigenvalue weighted by molar-refractivity contribution is -0.137. The monoisotopic (exact) mass is 334 g/mol. The lowest BCUT2D eigenvalue weighted by Gasteiger charge is -2.09. The fraction of sp³-hybridized carbons (Fsp3) is 0.0588. The number of amides is 1. The summed E-state index contributed by atoms with van der Waals surface area (Å²) in [5.41, 5.74) is -1.47. The van der Waals surface area contributed by atoms with Gasteiger partial charge in [-0.3, -0.25) is 4.79 Å². The van der Waals surface area contributed by atoms with Crippen LogP contribution in [0.5, 0.6) is 0 Å². The van der Waals surface area contributed by atoms with E-state index in [0.717, 1.165) is 30.3 Å². The zero-order valence-corrected chi connectivity index (χ0v) is 12.1. The molecule has 0 fully saturated rings. The number of hydrogen-bond acceptors (Lipinski definition) is 2. The number of rotatable bonds is 3. The maximum atomic E-state index is 13.6. The number of anilines is 1. The maximum Gasteiger partial charge on any atom is 0.416 e. The number of carbonyl (C=O) groups is 1. The van der Waals surface area contributed by atoms with Crippen molar-refractivity contribution in [3.05, 3.63) is 71.0 Å². The van der Waals surface area contributed by atoms with Crippen LogP contribution in [0.25, 0.3) is 6.08 Å². The van der Waals surface area contributed by atoms with E-state index in [0.29, 0.717) is 0 Å². The third-order valence-electron chi connectivity index (χ3n) is 3.02. The van der Waals surface area contributed by atoms with Crippen LogP contribution in [-0.2, 0) is 11.0 Å². The Morgan fingerprint density at radius 3 is 2.46 bits per heavy atom. The predicted molar refractivity (Wildman–Crippen MR) is 80.1 cm³/mol. The van der Waals surface area contributed by atoms with Crippen LogP contribution in [0.2, 0.25) is 0 Å². The Hall–Kier alpha value is -3.14. The Kier molecular flexibility index (Phi) is 4.99. The Bertz CT molecular complexity index is 835. The average Bonchev–Trinajstić information content (AvgIpc) is 2.53. The van der Waals surface area contributed by atoms with Crippen LogP contribution in [0.3, 0.4) is 0 Å². The summed E-state index contributed by atoms with van der Waals surface area (Å²) in [6, 6.07) is 11.1. The molecule has 0 radical (unpaired) electrons. The molecule has 0 bridgehead atoms. The van der Waals surface area contributed by atoms with Crippen molar-refractivity contribution in [3.8, 4) is 6.07 Å². The van der Waals surface area contributed by atoms with Gasteiger partial charge >= 0.3 is 6.18 Å². The number of nitrogens with one attached hydrogen (secondary N) is 1. The number of nitrogens with zero attached hydrogens (tertiary/aromatic N) is 1. The van der Waals surface area contributed by atoms with Crippen LogP contribution in [0.15, 0.2) is 54.1 Å². The molecule has 0 atom stereocenters. The summed E-state index contributed by atoms with van der Waals surface area (Å²) >= 11 is 0. The minimum absolute atomic E-state index is 0.0215. The second kappa shape index (κ2) is 6.96. The summed E-state index contributed by atoms with van der Waals surface area (Å²) in [6.07, 6.45) is -3.53. The summed E-state index contributed by atoms with van der Waals surface area (Å²) in [5.74, 6) is -1.56. The molecule has 0 spiro atoms. The molecular formula is C17H10F4N2O. The number of hydrogen-bond donors (Lipinski definition) is 1. The van der Waals surface area contributed by atoms with Crippen LogP contribution < -0.4 is 5.32 Å². The van der Waals surface area contributed by atoms with Gasteiger partial charge in [0.2, 0.25) is 0 Å². The molecule has 0 unspecified atom stereocenters. The summed E-state index contributed by atoms with van der Waals surface area (Å²) in [6.45, 7) is 0. The van der Waals surface area contributed by atoms with Gasteiger partial charge in [0.15, 0.2) is 0 Å². The molecule has 0 saturated heterocycles. The quantitative estimate of drug-likeness (QED) is 0.514. The molecule has 2 aromatic rings. The Morgan fingerprint density at radius 2 is 1.83 bits per heavy atom. The van der Waals surface area contributed by atoms with Gasteiger partial charge in [-0.2, -0.15) is 18.4 Å². The standard InChI is InChI=1S/C17H10F4N2O/c18-15-7-2-1-4-11(15)8-12(10-22)16(24)23-14-6-3-5-13(9-14)17(19,20)21/h1-9H,(H,23,24)/b12-8+. The lowest BCUT2D eigenvalue weighted by atomic mass is 10.1. The topological polar surface area (TPSA) is 52.9 Å². The highest BCUT2D eigenvalue weighted by Crippen LogP contribution is 2.30. The molecule has 0 aliphatic carbocycles. The zero-order valence-electron chi connectivity index (χ0n) is 12.1. The summed E-state index contributed by atoms with van der Waals surface area (Å²) < 4.78 is 51.5. The minimum Gasteiger partial charge on any atom is -0.321 e. The highest BCUT2D eigenvalue weighted by atomic mass is 19.4. The Morgan fingerprint density at radius 1 is 1.12 bits per heavy atom. The molecule has 1 amide bonds. The third-order valence-corrected chi connectivity index (χ3v) is 3.02. The van der Waals surface area contributed by atoms with E-state index >= 15 is 0 Å². The summed E-state index contributed by atoms with van der Waals surface area (Å²) in [4.78, 5) is 12.0. The van der Waals surface area contributed by atoms with Crippen LogP contribution in [0.1, 0.15) is 11.1 Å². The molecule has 0 saturated carbocycles. The summed E-state index contributed by atoms with van der Waals surface area (Å²) in [7, 11) is 0. The molecule has 3 nitrogen and oxygen atoms in total. The third kappa shape index (κ3) is 4.20. The van der Waals surface area contributed by atoms with E-state index in [1.54, 1.807) is 6.07 Å². The summed E-state index contributed by atoms with van der Waals surface area (Å²) in [5, 5.41) is 11.2. The number of alkyl halides is 3. The molecule has 0 aliphatic heterocycles. The molecule has 7 heteroatoms. The van der Waals surface area contributed by atoms with Crippen LogP contribution in [0.4, 0.5) is 23.2 Å². The second-order valence-electron chi connectivity index (χ2n) is 4.72. The van der Waals surface area contributed by atoms with Crippen molar-refractivity contribution >= 4 is 17.7 Å². The highest BCUT2D eigenvalue weighted by Gasteiger charge is 2.30. The number of benzene rings is 2. The van der Waals surface area contributed by atoms with Crippen molar-refractivity contribution in [2.75, 3.05) is 5.32 Å². The SMILES string of the molecule is N#C/C(=C\c1ccccc1F)C(=O)Nc1cccc(C(F)(F)F)c1. The first-order valence-electron chi connectivity index (χ1n) is 6.66. The smallest absolute Gasteiger partial charge is 0.321 e. The molecular weight excluding hydrogens is 324 g/mol. The molecule has 24 heavy (non-hydrogen) atoms. The van der Waals surface area contributed by atoms with Gasteiger partial charge in [-0.1, -0.05) is 24.3 Å². The predicted octanol–water partition coefficient (Wildman–Crippen LogP) is 4.39. The first-order valence-corrected chi connectivity index (χ1v) is 6.66. The minimum atomic E-state index is -4.55. The van der Waals surface area contributed by atoms with Crippen molar-refractivity contribution in [3.63, 3.8) is 0 Å². The van der Waals surface area contributed by atoms with Gasteiger partial charge in [-0.15, -0.1) is 0 Å². The van der Waals surface area contributed by atoms with Crippen molar-refractivity contribution in [1.29, 1.82) is 5.26 Å². The van der Waals surface area contributed by atoms with E-state index in [-0.39, 0.29) is 11.3 Å².